The normalized spacial score (nSPS) is 11.4. The van der Waals surface area contributed by atoms with E-state index in [-0.39, 0.29) is 11.9 Å². The molecule has 1 heterocycles. The van der Waals surface area contributed by atoms with Crippen molar-refractivity contribution in [2.45, 2.75) is 6.18 Å². The highest BCUT2D eigenvalue weighted by atomic mass is 19.4. The summed E-state index contributed by atoms with van der Waals surface area (Å²) in [5.41, 5.74) is 1.37. The Morgan fingerprint density at radius 3 is 2.25 bits per heavy atom. The summed E-state index contributed by atoms with van der Waals surface area (Å²) in [6.45, 7) is 0. The number of rotatable bonds is 5. The number of nitrogens with zero attached hydrogens (tertiary/aromatic N) is 3. The summed E-state index contributed by atoms with van der Waals surface area (Å²) in [6.07, 6.45) is -4.43. The third-order valence-corrected chi connectivity index (χ3v) is 5.62. The molecule has 6 nitrogen and oxygen atoms in total. The summed E-state index contributed by atoms with van der Waals surface area (Å²) in [6, 6.07) is 24.9. The van der Waals surface area contributed by atoms with Gasteiger partial charge in [-0.05, 0) is 59.3 Å². The first-order chi connectivity index (χ1) is 17.3. The number of anilines is 1. The molecular formula is C27H19F3N4O2. The van der Waals surface area contributed by atoms with Crippen molar-refractivity contribution >= 4 is 22.4 Å². The number of alkyl halides is 3. The molecule has 180 valence electrons. The fraction of sp³-hybridized carbons (Fsp3) is 0.0741. The monoisotopic (exact) mass is 488 g/mol. The van der Waals surface area contributed by atoms with Gasteiger partial charge >= 0.3 is 12.2 Å². The van der Waals surface area contributed by atoms with Gasteiger partial charge in [-0.2, -0.15) is 18.2 Å². The number of nitrogens with one attached hydrogen (secondary N) is 1. The van der Waals surface area contributed by atoms with Crippen LogP contribution in [0.3, 0.4) is 0 Å². The second-order valence-corrected chi connectivity index (χ2v) is 7.97. The van der Waals surface area contributed by atoms with E-state index in [1.54, 1.807) is 30.3 Å². The van der Waals surface area contributed by atoms with Crippen LogP contribution in [0, 0.1) is 0 Å². The molecule has 1 amide bonds. The first kappa shape index (κ1) is 23.1. The molecule has 0 unspecified atom stereocenters. The molecule has 0 aliphatic rings. The third kappa shape index (κ3) is 4.63. The molecule has 36 heavy (non-hydrogen) atoms. The molecule has 9 heteroatoms. The Balaban J connectivity index is 1.39. The molecule has 0 atom stereocenters. The average molecular weight is 488 g/mol. The highest BCUT2D eigenvalue weighted by molar-refractivity contribution is 6.06. The molecule has 0 fully saturated rings. The lowest BCUT2D eigenvalue weighted by molar-refractivity contribution is -0.137. The third-order valence-electron chi connectivity index (χ3n) is 5.62. The maximum atomic E-state index is 12.9. The zero-order valence-electron chi connectivity index (χ0n) is 19.0. The average Bonchev–Trinajstić information content (AvgIpc) is 3.33. The lowest BCUT2D eigenvalue weighted by Gasteiger charge is -2.10. The van der Waals surface area contributed by atoms with E-state index in [4.69, 9.17) is 4.74 Å². The molecule has 0 spiro atoms. The van der Waals surface area contributed by atoms with Gasteiger partial charge in [0.25, 0.3) is 5.91 Å². The molecule has 1 aromatic heterocycles. The van der Waals surface area contributed by atoms with E-state index < -0.39 is 11.7 Å². The molecular weight excluding hydrogens is 469 g/mol. The van der Waals surface area contributed by atoms with E-state index in [1.807, 2.05) is 36.4 Å². The molecule has 1 N–H and O–H groups in total. The van der Waals surface area contributed by atoms with Crippen molar-refractivity contribution in [1.29, 1.82) is 0 Å². The summed E-state index contributed by atoms with van der Waals surface area (Å²) in [7, 11) is 1.40. The fourth-order valence-electron chi connectivity index (χ4n) is 3.77. The Bertz CT molecular complexity index is 1540. The molecule has 4 aromatic carbocycles. The van der Waals surface area contributed by atoms with Crippen LogP contribution in [0.4, 0.5) is 18.9 Å². The number of carbonyl (C=O) groups excluding carboxylic acids is 1. The van der Waals surface area contributed by atoms with Crippen LogP contribution >= 0.6 is 0 Å². The van der Waals surface area contributed by atoms with Crippen molar-refractivity contribution in [2.75, 3.05) is 12.4 Å². The number of ether oxygens (including phenoxy) is 1. The van der Waals surface area contributed by atoms with Crippen molar-refractivity contribution in [1.82, 2.24) is 14.8 Å². The van der Waals surface area contributed by atoms with Gasteiger partial charge in [-0.15, -0.1) is 5.10 Å². The number of benzene rings is 4. The number of methoxy groups -OCH3 is 1. The minimum absolute atomic E-state index is 0.0681. The van der Waals surface area contributed by atoms with E-state index in [0.29, 0.717) is 28.3 Å². The second kappa shape index (κ2) is 9.18. The predicted molar refractivity (Wildman–Crippen MR) is 130 cm³/mol. The van der Waals surface area contributed by atoms with E-state index in [9.17, 15) is 18.0 Å². The van der Waals surface area contributed by atoms with Gasteiger partial charge in [0, 0.05) is 16.8 Å². The molecule has 0 radical (unpaired) electrons. The van der Waals surface area contributed by atoms with Crippen molar-refractivity contribution < 1.29 is 22.7 Å². The van der Waals surface area contributed by atoms with Crippen LogP contribution in [0.25, 0.3) is 27.8 Å². The number of hydrogen-bond acceptors (Lipinski definition) is 4. The SMILES string of the molecule is COc1nc(-c2ccc(C(F)(F)F)cc2)n(-c2ccc(NC(=O)c3ccc4ccccc4c3)cc2)n1. The van der Waals surface area contributed by atoms with Crippen LogP contribution in [0.15, 0.2) is 91.0 Å². The standard InChI is InChI=1S/C27H19F3N4O2/c1-36-26-32-24(18-8-10-21(11-9-18)27(28,29)30)34(33-26)23-14-12-22(13-15-23)31-25(35)20-7-6-17-4-2-3-5-19(17)16-20/h2-16H,1H3,(H,31,35). The second-order valence-electron chi connectivity index (χ2n) is 7.97. The summed E-state index contributed by atoms with van der Waals surface area (Å²) < 4.78 is 45.4. The van der Waals surface area contributed by atoms with Crippen molar-refractivity contribution in [3.8, 4) is 23.1 Å². The quantitative estimate of drug-likeness (QED) is 0.312. The minimum Gasteiger partial charge on any atom is -0.466 e. The van der Waals surface area contributed by atoms with Crippen LogP contribution in [0.1, 0.15) is 15.9 Å². The van der Waals surface area contributed by atoms with Gasteiger partial charge in [-0.1, -0.05) is 42.5 Å². The van der Waals surface area contributed by atoms with Crippen LogP contribution in [-0.4, -0.2) is 27.8 Å². The summed E-state index contributed by atoms with van der Waals surface area (Å²) in [4.78, 5) is 17.0. The van der Waals surface area contributed by atoms with Gasteiger partial charge in [0.2, 0.25) is 0 Å². The molecule has 0 aliphatic carbocycles. The maximum Gasteiger partial charge on any atom is 0.416 e. The highest BCUT2D eigenvalue weighted by Gasteiger charge is 2.30. The number of fused-ring (bicyclic) bond motifs is 1. The molecule has 5 rings (SSSR count). The van der Waals surface area contributed by atoms with Crippen molar-refractivity contribution in [3.05, 3.63) is 102 Å². The van der Waals surface area contributed by atoms with E-state index >= 15 is 0 Å². The molecule has 0 saturated heterocycles. The topological polar surface area (TPSA) is 69.0 Å². The predicted octanol–water partition coefficient (Wildman–Crippen LogP) is 6.37. The van der Waals surface area contributed by atoms with Gasteiger partial charge < -0.3 is 10.1 Å². The van der Waals surface area contributed by atoms with Gasteiger partial charge in [0.1, 0.15) is 0 Å². The number of aromatic nitrogens is 3. The number of hydrogen-bond donors (Lipinski definition) is 1. The zero-order chi connectivity index (χ0) is 25.3. The molecule has 0 saturated carbocycles. The number of amides is 1. The molecule has 5 aromatic rings. The summed E-state index contributed by atoms with van der Waals surface area (Å²) in [5.74, 6) is 0.0647. The van der Waals surface area contributed by atoms with Crippen LogP contribution < -0.4 is 10.1 Å². The molecule has 0 aliphatic heterocycles. The van der Waals surface area contributed by atoms with E-state index in [0.717, 1.165) is 22.9 Å². The Kier molecular flexibility index (Phi) is 5.89. The lowest BCUT2D eigenvalue weighted by Crippen LogP contribution is -2.11. The maximum absolute atomic E-state index is 12.9. The van der Waals surface area contributed by atoms with E-state index in [2.05, 4.69) is 15.4 Å². The van der Waals surface area contributed by atoms with E-state index in [1.165, 1.54) is 23.9 Å². The minimum atomic E-state index is -4.43. The Morgan fingerprint density at radius 1 is 0.889 bits per heavy atom. The van der Waals surface area contributed by atoms with Crippen LogP contribution in [0.5, 0.6) is 6.01 Å². The van der Waals surface area contributed by atoms with Crippen LogP contribution in [-0.2, 0) is 6.18 Å². The highest BCUT2D eigenvalue weighted by Crippen LogP contribution is 2.31. The lowest BCUT2D eigenvalue weighted by atomic mass is 10.1. The Hall–Kier alpha value is -4.66. The largest absolute Gasteiger partial charge is 0.466 e. The van der Waals surface area contributed by atoms with Gasteiger partial charge in [-0.3, -0.25) is 4.79 Å². The first-order valence-electron chi connectivity index (χ1n) is 10.9. The Morgan fingerprint density at radius 2 is 1.58 bits per heavy atom. The summed E-state index contributed by atoms with van der Waals surface area (Å²) in [5, 5.41) is 9.17. The smallest absolute Gasteiger partial charge is 0.416 e. The first-order valence-corrected chi connectivity index (χ1v) is 10.9. The number of halogens is 3. The molecule has 0 bridgehead atoms. The Labute approximate surface area is 204 Å². The van der Waals surface area contributed by atoms with Gasteiger partial charge in [0.05, 0.1) is 18.4 Å². The number of carbonyl (C=O) groups is 1. The van der Waals surface area contributed by atoms with Crippen molar-refractivity contribution in [3.63, 3.8) is 0 Å². The van der Waals surface area contributed by atoms with Gasteiger partial charge in [0.15, 0.2) is 5.82 Å². The van der Waals surface area contributed by atoms with Crippen LogP contribution in [0.2, 0.25) is 0 Å². The summed E-state index contributed by atoms with van der Waals surface area (Å²) >= 11 is 0. The van der Waals surface area contributed by atoms with Crippen molar-refractivity contribution in [2.24, 2.45) is 0 Å². The van der Waals surface area contributed by atoms with Gasteiger partial charge in [-0.25, -0.2) is 4.68 Å². The zero-order valence-corrected chi connectivity index (χ0v) is 19.0. The fourth-order valence-corrected chi connectivity index (χ4v) is 3.77.